The first-order valence-electron chi connectivity index (χ1n) is 13.5. The standard InChI is InChI=1S/C30H48N/c1-2-3-4-5-6-7-8-9-10-11-12-13-14-15-16-17-19-22-29-25-27-31(28-26-29)30-23-20-18-21-24-30/h18,20-21,23-28H,2-17,19,22H2,1H3/q+1. The zero-order valence-corrected chi connectivity index (χ0v) is 20.4. The molecule has 0 saturated carbocycles. The molecule has 31 heavy (non-hydrogen) atoms. The molecule has 2 rings (SSSR count). The zero-order valence-electron chi connectivity index (χ0n) is 20.4. The van der Waals surface area contributed by atoms with Crippen molar-refractivity contribution in [1.82, 2.24) is 0 Å². The van der Waals surface area contributed by atoms with E-state index in [1.54, 1.807) is 0 Å². The van der Waals surface area contributed by atoms with Gasteiger partial charge in [0.15, 0.2) is 12.4 Å². The van der Waals surface area contributed by atoms with Gasteiger partial charge in [0.25, 0.3) is 0 Å². The van der Waals surface area contributed by atoms with Crippen LogP contribution in [-0.2, 0) is 6.42 Å². The van der Waals surface area contributed by atoms with E-state index in [0.29, 0.717) is 0 Å². The van der Waals surface area contributed by atoms with Gasteiger partial charge in [-0.15, -0.1) is 0 Å². The van der Waals surface area contributed by atoms with E-state index in [1.165, 1.54) is 127 Å². The topological polar surface area (TPSA) is 3.88 Å². The van der Waals surface area contributed by atoms with Crippen LogP contribution in [0, 0.1) is 0 Å². The Balaban J connectivity index is 1.35. The molecule has 172 valence electrons. The van der Waals surface area contributed by atoms with Crippen LogP contribution in [0.1, 0.15) is 122 Å². The molecule has 0 aliphatic rings. The van der Waals surface area contributed by atoms with E-state index in [1.807, 2.05) is 0 Å². The number of pyridine rings is 1. The van der Waals surface area contributed by atoms with Crippen LogP contribution in [0.2, 0.25) is 0 Å². The van der Waals surface area contributed by atoms with Gasteiger partial charge in [0.1, 0.15) is 0 Å². The number of unbranched alkanes of at least 4 members (excludes halogenated alkanes) is 16. The normalized spacial score (nSPS) is 11.1. The maximum absolute atomic E-state index is 2.30. The largest absolute Gasteiger partial charge is 0.210 e. The first-order chi connectivity index (χ1) is 15.4. The second kappa shape index (κ2) is 18.0. The Morgan fingerprint density at radius 1 is 0.484 bits per heavy atom. The van der Waals surface area contributed by atoms with Crippen LogP contribution in [0.3, 0.4) is 0 Å². The monoisotopic (exact) mass is 422 g/mol. The summed E-state index contributed by atoms with van der Waals surface area (Å²) < 4.78 is 2.19. The molecule has 1 nitrogen and oxygen atoms in total. The van der Waals surface area contributed by atoms with E-state index in [4.69, 9.17) is 0 Å². The zero-order chi connectivity index (χ0) is 21.8. The van der Waals surface area contributed by atoms with Gasteiger partial charge in [0.2, 0.25) is 5.69 Å². The third-order valence-electron chi connectivity index (χ3n) is 6.52. The molecule has 2 aromatic rings. The Morgan fingerprint density at radius 3 is 1.35 bits per heavy atom. The highest BCUT2D eigenvalue weighted by Crippen LogP contribution is 2.14. The Hall–Kier alpha value is -1.63. The van der Waals surface area contributed by atoms with Crippen molar-refractivity contribution >= 4 is 0 Å². The second-order valence-electron chi connectivity index (χ2n) is 9.36. The van der Waals surface area contributed by atoms with Crippen LogP contribution in [0.25, 0.3) is 5.69 Å². The lowest BCUT2D eigenvalue weighted by Crippen LogP contribution is -2.29. The molecule has 1 heteroatoms. The SMILES string of the molecule is CCCCCCCCCCCCCCCCCCCc1cc[n+](-c2ccccc2)cc1. The van der Waals surface area contributed by atoms with Crippen molar-refractivity contribution in [2.75, 3.05) is 0 Å². The number of benzene rings is 1. The Kier molecular flexibility index (Phi) is 14.9. The number of para-hydroxylation sites is 1. The highest BCUT2D eigenvalue weighted by Gasteiger charge is 2.04. The fourth-order valence-electron chi connectivity index (χ4n) is 4.45. The van der Waals surface area contributed by atoms with Gasteiger partial charge >= 0.3 is 0 Å². The molecule has 0 aliphatic carbocycles. The number of hydrogen-bond donors (Lipinski definition) is 0. The van der Waals surface area contributed by atoms with E-state index in [-0.39, 0.29) is 0 Å². The van der Waals surface area contributed by atoms with Gasteiger partial charge < -0.3 is 0 Å². The summed E-state index contributed by atoms with van der Waals surface area (Å²) in [5, 5.41) is 0. The molecule has 0 spiro atoms. The predicted octanol–water partition coefficient (Wildman–Crippen LogP) is 9.16. The maximum Gasteiger partial charge on any atom is 0.210 e. The fraction of sp³-hybridized carbons (Fsp3) is 0.633. The van der Waals surface area contributed by atoms with Crippen LogP contribution in [-0.4, -0.2) is 0 Å². The summed E-state index contributed by atoms with van der Waals surface area (Å²) >= 11 is 0. The summed E-state index contributed by atoms with van der Waals surface area (Å²) in [5.74, 6) is 0. The van der Waals surface area contributed by atoms with Gasteiger partial charge in [-0.1, -0.05) is 128 Å². The number of hydrogen-bond acceptors (Lipinski definition) is 0. The molecule has 0 N–H and O–H groups in total. The summed E-state index contributed by atoms with van der Waals surface area (Å²) in [6.07, 6.45) is 30.0. The molecule has 1 heterocycles. The minimum atomic E-state index is 1.22. The van der Waals surface area contributed by atoms with Crippen LogP contribution >= 0.6 is 0 Å². The van der Waals surface area contributed by atoms with E-state index in [2.05, 4.69) is 66.3 Å². The molecule has 1 aromatic heterocycles. The van der Waals surface area contributed by atoms with Gasteiger partial charge in [0, 0.05) is 24.3 Å². The Labute approximate surface area is 193 Å². The number of nitrogens with zero attached hydrogens (tertiary/aromatic N) is 1. The van der Waals surface area contributed by atoms with Gasteiger partial charge in [-0.25, -0.2) is 0 Å². The fourth-order valence-corrected chi connectivity index (χ4v) is 4.45. The molecule has 0 fully saturated rings. The lowest BCUT2D eigenvalue weighted by atomic mass is 10.0. The first kappa shape index (κ1) is 25.6. The highest BCUT2D eigenvalue weighted by molar-refractivity contribution is 5.21. The van der Waals surface area contributed by atoms with Crippen LogP contribution in [0.4, 0.5) is 0 Å². The third-order valence-corrected chi connectivity index (χ3v) is 6.52. The lowest BCUT2D eigenvalue weighted by Gasteiger charge is -2.04. The summed E-state index contributed by atoms with van der Waals surface area (Å²) in [6, 6.07) is 15.1. The summed E-state index contributed by atoms with van der Waals surface area (Å²) in [6.45, 7) is 2.30. The number of aromatic nitrogens is 1. The molecule has 0 aliphatic heterocycles. The minimum Gasteiger partial charge on any atom is -0.167 e. The van der Waals surface area contributed by atoms with Gasteiger partial charge in [-0.3, -0.25) is 0 Å². The average Bonchev–Trinajstić information content (AvgIpc) is 2.82. The van der Waals surface area contributed by atoms with E-state index < -0.39 is 0 Å². The van der Waals surface area contributed by atoms with Crippen molar-refractivity contribution < 1.29 is 4.57 Å². The molecular formula is C30H48N+. The van der Waals surface area contributed by atoms with E-state index in [0.717, 1.165) is 0 Å². The molecule has 0 radical (unpaired) electrons. The Morgan fingerprint density at radius 2 is 0.903 bits per heavy atom. The average molecular weight is 423 g/mol. The van der Waals surface area contributed by atoms with Crippen LogP contribution < -0.4 is 4.57 Å². The van der Waals surface area contributed by atoms with Crippen LogP contribution in [0.5, 0.6) is 0 Å². The molecule has 0 amide bonds. The van der Waals surface area contributed by atoms with Crippen molar-refractivity contribution in [3.05, 3.63) is 60.4 Å². The smallest absolute Gasteiger partial charge is 0.167 e. The molecule has 0 unspecified atom stereocenters. The van der Waals surface area contributed by atoms with Crippen molar-refractivity contribution in [1.29, 1.82) is 0 Å². The molecule has 1 aromatic carbocycles. The molecule has 0 saturated heterocycles. The number of aryl methyl sites for hydroxylation is 1. The summed E-state index contributed by atoms with van der Waals surface area (Å²) in [5.41, 5.74) is 2.69. The first-order valence-corrected chi connectivity index (χ1v) is 13.5. The van der Waals surface area contributed by atoms with E-state index >= 15 is 0 Å². The minimum absolute atomic E-state index is 1.22. The number of rotatable bonds is 19. The van der Waals surface area contributed by atoms with Crippen molar-refractivity contribution in [3.8, 4) is 5.69 Å². The van der Waals surface area contributed by atoms with Crippen molar-refractivity contribution in [3.63, 3.8) is 0 Å². The second-order valence-corrected chi connectivity index (χ2v) is 9.36. The van der Waals surface area contributed by atoms with Crippen LogP contribution in [0.15, 0.2) is 54.9 Å². The van der Waals surface area contributed by atoms with Crippen molar-refractivity contribution in [2.24, 2.45) is 0 Å². The van der Waals surface area contributed by atoms with E-state index in [9.17, 15) is 0 Å². The highest BCUT2D eigenvalue weighted by atomic mass is 14.9. The summed E-state index contributed by atoms with van der Waals surface area (Å²) in [7, 11) is 0. The lowest BCUT2D eigenvalue weighted by molar-refractivity contribution is -0.595. The Bertz CT molecular complexity index is 631. The quantitative estimate of drug-likeness (QED) is 0.157. The van der Waals surface area contributed by atoms with Gasteiger partial charge in [-0.2, -0.15) is 4.57 Å². The predicted molar refractivity (Wildman–Crippen MR) is 136 cm³/mol. The summed E-state index contributed by atoms with van der Waals surface area (Å²) in [4.78, 5) is 0. The molecule has 0 atom stereocenters. The van der Waals surface area contributed by atoms with Gasteiger partial charge in [0.05, 0.1) is 0 Å². The van der Waals surface area contributed by atoms with Crippen molar-refractivity contribution in [2.45, 2.75) is 122 Å². The molecular weight excluding hydrogens is 374 g/mol. The third kappa shape index (κ3) is 12.7. The molecule has 0 bridgehead atoms. The van der Waals surface area contributed by atoms with Gasteiger partial charge in [-0.05, 0) is 18.4 Å². The maximum atomic E-state index is 2.30.